The van der Waals surface area contributed by atoms with Crippen LogP contribution in [0.15, 0.2) is 24.3 Å². The number of hydrogen-bond donors (Lipinski definition) is 0. The molecule has 1 nitrogen and oxygen atoms in total. The average molecular weight is 251 g/mol. The monoisotopic (exact) mass is 250 g/mol. The molecule has 14 heavy (non-hydrogen) atoms. The Kier molecular flexibility index (Phi) is 4.06. The van der Waals surface area contributed by atoms with Crippen LogP contribution in [0.25, 0.3) is 0 Å². The summed E-state index contributed by atoms with van der Waals surface area (Å²) in [5, 5.41) is 0. The van der Waals surface area contributed by atoms with Gasteiger partial charge in [-0.05, 0) is 39.5 Å². The van der Waals surface area contributed by atoms with E-state index in [2.05, 4.69) is 20.8 Å². The summed E-state index contributed by atoms with van der Waals surface area (Å²) in [4.78, 5) is 0. The minimum atomic E-state index is -1.40. The Balaban J connectivity index is 3.04. The van der Waals surface area contributed by atoms with E-state index in [4.69, 9.17) is 27.0 Å². The van der Waals surface area contributed by atoms with Gasteiger partial charge in [0.15, 0.2) is 0 Å². The predicted molar refractivity (Wildman–Crippen MR) is 64.4 cm³/mol. The van der Waals surface area contributed by atoms with E-state index >= 15 is 0 Å². The molecule has 0 fully saturated rings. The van der Waals surface area contributed by atoms with Crippen molar-refractivity contribution >= 4 is 29.3 Å². The normalized spacial score (nSPS) is 11.9. The molecule has 1 aromatic rings. The van der Waals surface area contributed by atoms with Gasteiger partial charge in [-0.1, -0.05) is 39.0 Å². The van der Waals surface area contributed by atoms with Gasteiger partial charge in [0, 0.05) is 0 Å². The van der Waals surface area contributed by atoms with Gasteiger partial charge in [-0.2, -0.15) is 0 Å². The van der Waals surface area contributed by atoms with Crippen molar-refractivity contribution < 1.29 is 4.52 Å². The molecule has 0 aliphatic carbocycles. The highest BCUT2D eigenvalue weighted by molar-refractivity contribution is 8.00. The van der Waals surface area contributed by atoms with Crippen molar-refractivity contribution in [1.82, 2.24) is 0 Å². The van der Waals surface area contributed by atoms with Crippen LogP contribution < -0.4 is 4.52 Å². The predicted octanol–water partition coefficient (Wildman–Crippen LogP) is 5.07. The second-order valence-electron chi connectivity index (χ2n) is 4.04. The van der Waals surface area contributed by atoms with Gasteiger partial charge < -0.3 is 4.52 Å². The maximum absolute atomic E-state index is 5.64. The first kappa shape index (κ1) is 12.1. The summed E-state index contributed by atoms with van der Waals surface area (Å²) in [6.07, 6.45) is 0. The Morgan fingerprint density at radius 1 is 1.14 bits per heavy atom. The molecule has 0 N–H and O–H groups in total. The SMILES string of the molecule is CC(C)(C)c1ccccc1OP(Cl)Cl. The molecule has 0 saturated heterocycles. The van der Waals surface area contributed by atoms with Gasteiger partial charge in [0.05, 0.1) is 0 Å². The smallest absolute Gasteiger partial charge is 0.284 e. The van der Waals surface area contributed by atoms with E-state index < -0.39 is 6.85 Å². The van der Waals surface area contributed by atoms with Crippen LogP contribution in [0.3, 0.4) is 0 Å². The highest BCUT2D eigenvalue weighted by Gasteiger charge is 2.19. The van der Waals surface area contributed by atoms with Gasteiger partial charge in [0.25, 0.3) is 6.85 Å². The highest BCUT2D eigenvalue weighted by Crippen LogP contribution is 2.49. The molecule has 0 heterocycles. The minimum absolute atomic E-state index is 0.0374. The van der Waals surface area contributed by atoms with Crippen LogP contribution in [-0.2, 0) is 5.41 Å². The third-order valence-corrected chi connectivity index (χ3v) is 2.61. The Labute approximate surface area is 95.8 Å². The molecule has 0 radical (unpaired) electrons. The maximum atomic E-state index is 5.64. The van der Waals surface area contributed by atoms with Crippen molar-refractivity contribution in [1.29, 1.82) is 0 Å². The van der Waals surface area contributed by atoms with Crippen molar-refractivity contribution in [3.8, 4) is 5.75 Å². The van der Waals surface area contributed by atoms with Gasteiger partial charge in [-0.3, -0.25) is 0 Å². The quantitative estimate of drug-likeness (QED) is 0.667. The van der Waals surface area contributed by atoms with Crippen molar-refractivity contribution in [3.63, 3.8) is 0 Å². The first-order valence-corrected chi connectivity index (χ1v) is 7.37. The maximum Gasteiger partial charge on any atom is 0.284 e. The fourth-order valence-electron chi connectivity index (χ4n) is 1.24. The largest absolute Gasteiger partial charge is 0.444 e. The Hall–Kier alpha value is 0.0300. The summed E-state index contributed by atoms with van der Waals surface area (Å²) in [7, 11) is 0. The molecular weight excluding hydrogens is 238 g/mol. The first-order valence-electron chi connectivity index (χ1n) is 4.30. The van der Waals surface area contributed by atoms with E-state index in [0.717, 1.165) is 11.3 Å². The number of hydrogen-bond acceptors (Lipinski definition) is 1. The van der Waals surface area contributed by atoms with Gasteiger partial charge in [-0.25, -0.2) is 0 Å². The zero-order valence-corrected chi connectivity index (χ0v) is 10.8. The van der Waals surface area contributed by atoms with Crippen LogP contribution >= 0.6 is 29.3 Å². The van der Waals surface area contributed by atoms with E-state index in [1.807, 2.05) is 24.3 Å². The third-order valence-electron chi connectivity index (χ3n) is 1.86. The van der Waals surface area contributed by atoms with Crippen LogP contribution in [0, 0.1) is 0 Å². The van der Waals surface area contributed by atoms with Gasteiger partial charge in [-0.15, -0.1) is 0 Å². The van der Waals surface area contributed by atoms with E-state index in [1.54, 1.807) is 0 Å². The van der Waals surface area contributed by atoms with Crippen molar-refractivity contribution in [2.45, 2.75) is 26.2 Å². The topological polar surface area (TPSA) is 9.23 Å². The lowest BCUT2D eigenvalue weighted by molar-refractivity contribution is 0.543. The molecule has 1 aromatic carbocycles. The average Bonchev–Trinajstić information content (AvgIpc) is 2.01. The molecule has 78 valence electrons. The third kappa shape index (κ3) is 3.31. The van der Waals surface area contributed by atoms with Crippen molar-refractivity contribution in [2.75, 3.05) is 0 Å². The minimum Gasteiger partial charge on any atom is -0.444 e. The molecule has 0 amide bonds. The number of halogens is 2. The second-order valence-corrected chi connectivity index (χ2v) is 6.99. The molecule has 0 aliphatic rings. The molecule has 0 saturated carbocycles. The van der Waals surface area contributed by atoms with Gasteiger partial charge in [0.2, 0.25) is 0 Å². The molecule has 4 heteroatoms. The number of benzene rings is 1. The summed E-state index contributed by atoms with van der Waals surface area (Å²) in [5.74, 6) is 0.774. The molecule has 0 aliphatic heterocycles. The summed E-state index contributed by atoms with van der Waals surface area (Å²) < 4.78 is 5.37. The summed E-state index contributed by atoms with van der Waals surface area (Å²) in [6.45, 7) is 4.98. The molecule has 0 unspecified atom stereocenters. The van der Waals surface area contributed by atoms with Gasteiger partial charge in [0.1, 0.15) is 5.75 Å². The van der Waals surface area contributed by atoms with Crippen LogP contribution in [0.4, 0.5) is 0 Å². The van der Waals surface area contributed by atoms with Crippen LogP contribution in [-0.4, -0.2) is 0 Å². The van der Waals surface area contributed by atoms with Crippen molar-refractivity contribution in [3.05, 3.63) is 29.8 Å². The summed E-state index contributed by atoms with van der Waals surface area (Å²) in [5.41, 5.74) is 1.16. The van der Waals surface area contributed by atoms with E-state index in [0.29, 0.717) is 0 Å². The molecule has 0 bridgehead atoms. The lowest BCUT2D eigenvalue weighted by atomic mass is 9.86. The number of para-hydroxylation sites is 1. The summed E-state index contributed by atoms with van der Waals surface area (Å²) >= 11 is 11.3. The molecular formula is C10H13Cl2OP. The second kappa shape index (κ2) is 4.70. The fraction of sp³-hybridized carbons (Fsp3) is 0.400. The fourth-order valence-corrected chi connectivity index (χ4v) is 1.99. The molecule has 0 spiro atoms. The Morgan fingerprint density at radius 3 is 2.21 bits per heavy atom. The van der Waals surface area contributed by atoms with Crippen LogP contribution in [0.5, 0.6) is 5.75 Å². The lowest BCUT2D eigenvalue weighted by Crippen LogP contribution is -2.11. The van der Waals surface area contributed by atoms with E-state index in [9.17, 15) is 0 Å². The zero-order chi connectivity index (χ0) is 10.8. The molecule has 0 atom stereocenters. The first-order chi connectivity index (χ1) is 6.41. The van der Waals surface area contributed by atoms with Crippen LogP contribution in [0.1, 0.15) is 26.3 Å². The molecule has 1 rings (SSSR count). The Bertz CT molecular complexity index is 307. The zero-order valence-electron chi connectivity index (χ0n) is 8.42. The van der Waals surface area contributed by atoms with Gasteiger partial charge >= 0.3 is 0 Å². The standard InChI is InChI=1S/C10H13Cl2OP/c1-10(2,3)8-6-4-5-7-9(8)13-14(11)12/h4-7H,1-3H3. The van der Waals surface area contributed by atoms with Crippen molar-refractivity contribution in [2.24, 2.45) is 0 Å². The summed E-state index contributed by atoms with van der Waals surface area (Å²) in [6, 6.07) is 7.82. The number of rotatable bonds is 2. The molecule has 0 aromatic heterocycles. The Morgan fingerprint density at radius 2 is 1.71 bits per heavy atom. The van der Waals surface area contributed by atoms with Crippen LogP contribution in [0.2, 0.25) is 0 Å². The highest BCUT2D eigenvalue weighted by atomic mass is 35.9. The van der Waals surface area contributed by atoms with E-state index in [-0.39, 0.29) is 5.41 Å². The van der Waals surface area contributed by atoms with E-state index in [1.165, 1.54) is 0 Å². The lowest BCUT2D eigenvalue weighted by Gasteiger charge is -2.22.